The number of anilines is 1. The van der Waals surface area contributed by atoms with Gasteiger partial charge >= 0.3 is 5.97 Å². The van der Waals surface area contributed by atoms with Crippen LogP contribution < -0.4 is 16.8 Å². The average Bonchev–Trinajstić information content (AvgIpc) is 3.44. The van der Waals surface area contributed by atoms with E-state index in [1.54, 1.807) is 6.92 Å². The van der Waals surface area contributed by atoms with Crippen molar-refractivity contribution in [3.05, 3.63) is 12.2 Å². The van der Waals surface area contributed by atoms with Crippen LogP contribution in [0.25, 0.3) is 11.2 Å². The van der Waals surface area contributed by atoms with Gasteiger partial charge < -0.3 is 36.5 Å². The number of nitrogens with zero attached hydrogens (tertiary/aromatic N) is 4. The minimum absolute atomic E-state index is 0.0825. The summed E-state index contributed by atoms with van der Waals surface area (Å²) >= 11 is 0. The molecule has 4 atom stereocenters. The molecule has 1 saturated heterocycles. The molecule has 0 aromatic carbocycles. The lowest BCUT2D eigenvalue weighted by molar-refractivity contribution is -0.149. The quantitative estimate of drug-likeness (QED) is 0.229. The lowest BCUT2D eigenvalue weighted by atomic mass is 9.81. The first-order valence-corrected chi connectivity index (χ1v) is 12.5. The van der Waals surface area contributed by atoms with Gasteiger partial charge in [0, 0.05) is 19.5 Å². The Kier molecular flexibility index (Phi) is 8.55. The molecular formula is C24H33N7O6. The maximum Gasteiger partial charge on any atom is 0.308 e. The Balaban J connectivity index is 1.44. The Hall–Kier alpha value is -3.31. The fourth-order valence-electron chi connectivity index (χ4n) is 4.72. The Morgan fingerprint density at radius 2 is 2.00 bits per heavy atom. The van der Waals surface area contributed by atoms with Crippen molar-refractivity contribution in [1.29, 1.82) is 0 Å². The van der Waals surface area contributed by atoms with Crippen LogP contribution in [0.15, 0.2) is 6.33 Å². The van der Waals surface area contributed by atoms with E-state index in [0.29, 0.717) is 25.4 Å². The lowest BCUT2D eigenvalue weighted by Crippen LogP contribution is -2.42. The number of fused-ring (bicyclic) bond motifs is 1. The highest BCUT2D eigenvalue weighted by molar-refractivity contribution is 5.83. The van der Waals surface area contributed by atoms with Gasteiger partial charge in [-0.1, -0.05) is 5.92 Å². The molecule has 2 fully saturated rings. The predicted octanol–water partition coefficient (Wildman–Crippen LogP) is -0.786. The van der Waals surface area contributed by atoms with Gasteiger partial charge in [0.1, 0.15) is 24.3 Å². The zero-order chi connectivity index (χ0) is 26.5. The summed E-state index contributed by atoms with van der Waals surface area (Å²) in [6.07, 6.45) is 0.0940. The first-order valence-electron chi connectivity index (χ1n) is 12.5. The van der Waals surface area contributed by atoms with Gasteiger partial charge in [-0.15, -0.1) is 0 Å². The normalized spacial score (nSPS) is 27.5. The van der Waals surface area contributed by atoms with Crippen LogP contribution in [-0.4, -0.2) is 79.6 Å². The number of hydrogen-bond acceptors (Lipinski definition) is 11. The van der Waals surface area contributed by atoms with E-state index in [2.05, 4.69) is 32.1 Å². The molecule has 2 aromatic heterocycles. The van der Waals surface area contributed by atoms with Crippen molar-refractivity contribution in [3.8, 4) is 11.8 Å². The number of nitrogen functional groups attached to an aromatic ring is 1. The first kappa shape index (κ1) is 26.7. The molecule has 1 aliphatic heterocycles. The minimum atomic E-state index is -1.43. The number of carbonyl (C=O) groups excluding carboxylic acids is 2. The second kappa shape index (κ2) is 11.8. The van der Waals surface area contributed by atoms with Crippen LogP contribution in [0.3, 0.4) is 0 Å². The second-order valence-electron chi connectivity index (χ2n) is 9.26. The molecule has 200 valence electrons. The zero-order valence-corrected chi connectivity index (χ0v) is 20.7. The van der Waals surface area contributed by atoms with E-state index >= 15 is 0 Å². The van der Waals surface area contributed by atoms with Crippen LogP contribution in [0.4, 0.5) is 5.82 Å². The highest BCUT2D eigenvalue weighted by atomic mass is 16.6. The number of aromatic nitrogens is 4. The standard InChI is InChI=1S/C24H33N7O6/c1-2-27-22(34)19-17(32)18(33)23(37-19)31-12-28-16-20(26)29-15(30-21(16)31)5-3-4-13-6-8-14(9-7-13)24(35)36-11-10-25/h12-14,17-19,23,32-33H,2,4,6-11,25H2,1H3,(H,27,34)(H2,26,29,30). The van der Waals surface area contributed by atoms with Crippen LogP contribution in [-0.2, 0) is 19.1 Å². The zero-order valence-electron chi connectivity index (χ0n) is 20.7. The predicted molar refractivity (Wildman–Crippen MR) is 131 cm³/mol. The molecule has 13 heteroatoms. The van der Waals surface area contributed by atoms with E-state index < -0.39 is 30.4 Å². The fourth-order valence-corrected chi connectivity index (χ4v) is 4.72. The van der Waals surface area contributed by atoms with Crippen molar-refractivity contribution in [1.82, 2.24) is 24.8 Å². The summed E-state index contributed by atoms with van der Waals surface area (Å²) in [4.78, 5) is 37.1. The third-order valence-electron chi connectivity index (χ3n) is 6.70. The summed E-state index contributed by atoms with van der Waals surface area (Å²) in [6, 6.07) is 0. The molecule has 0 spiro atoms. The summed E-state index contributed by atoms with van der Waals surface area (Å²) in [5.74, 6) is 5.91. The monoisotopic (exact) mass is 515 g/mol. The van der Waals surface area contributed by atoms with Crippen molar-refractivity contribution in [2.75, 3.05) is 25.4 Å². The summed E-state index contributed by atoms with van der Waals surface area (Å²) in [5, 5.41) is 23.5. The van der Waals surface area contributed by atoms with Crippen LogP contribution in [0.5, 0.6) is 0 Å². The number of aliphatic hydroxyl groups is 2. The van der Waals surface area contributed by atoms with Crippen LogP contribution >= 0.6 is 0 Å². The van der Waals surface area contributed by atoms with Gasteiger partial charge in [0.05, 0.1) is 12.2 Å². The van der Waals surface area contributed by atoms with Gasteiger partial charge in [-0.2, -0.15) is 0 Å². The molecule has 1 aliphatic carbocycles. The van der Waals surface area contributed by atoms with E-state index in [1.807, 2.05) is 0 Å². The molecule has 4 unspecified atom stereocenters. The molecule has 0 radical (unpaired) electrons. The Morgan fingerprint density at radius 3 is 2.70 bits per heavy atom. The molecule has 1 amide bonds. The summed E-state index contributed by atoms with van der Waals surface area (Å²) in [5.41, 5.74) is 12.0. The smallest absolute Gasteiger partial charge is 0.308 e. The van der Waals surface area contributed by atoms with E-state index in [1.165, 1.54) is 10.9 Å². The molecule has 1 saturated carbocycles. The van der Waals surface area contributed by atoms with Gasteiger partial charge in [-0.3, -0.25) is 14.2 Å². The van der Waals surface area contributed by atoms with E-state index in [4.69, 9.17) is 20.9 Å². The van der Waals surface area contributed by atoms with Crippen molar-refractivity contribution >= 4 is 28.9 Å². The Morgan fingerprint density at radius 1 is 1.24 bits per heavy atom. The molecule has 2 aliphatic rings. The number of carbonyl (C=O) groups is 2. The molecule has 2 aromatic rings. The average molecular weight is 516 g/mol. The summed E-state index contributed by atoms with van der Waals surface area (Å²) in [6.45, 7) is 2.67. The minimum Gasteiger partial charge on any atom is -0.464 e. The van der Waals surface area contributed by atoms with Gasteiger partial charge in [-0.05, 0) is 44.4 Å². The second-order valence-corrected chi connectivity index (χ2v) is 9.26. The number of imidazole rings is 1. The topological polar surface area (TPSA) is 201 Å². The van der Waals surface area contributed by atoms with Crippen molar-refractivity contribution < 1.29 is 29.3 Å². The fraction of sp³-hybridized carbons (Fsp3) is 0.625. The number of likely N-dealkylation sites (N-methyl/N-ethyl adjacent to an activating group) is 1. The van der Waals surface area contributed by atoms with Crippen molar-refractivity contribution in [3.63, 3.8) is 0 Å². The van der Waals surface area contributed by atoms with E-state index in [9.17, 15) is 19.8 Å². The molecule has 0 bridgehead atoms. The van der Waals surface area contributed by atoms with Crippen molar-refractivity contribution in [2.45, 2.75) is 63.6 Å². The van der Waals surface area contributed by atoms with Crippen LogP contribution in [0.1, 0.15) is 51.1 Å². The number of nitrogens with one attached hydrogen (secondary N) is 1. The number of amides is 1. The maximum atomic E-state index is 12.2. The molecule has 4 rings (SSSR count). The first-order chi connectivity index (χ1) is 17.8. The van der Waals surface area contributed by atoms with Gasteiger partial charge in [-0.25, -0.2) is 15.0 Å². The summed E-state index contributed by atoms with van der Waals surface area (Å²) in [7, 11) is 0. The van der Waals surface area contributed by atoms with Crippen molar-refractivity contribution in [2.24, 2.45) is 17.6 Å². The highest BCUT2D eigenvalue weighted by Crippen LogP contribution is 2.33. The highest BCUT2D eigenvalue weighted by Gasteiger charge is 2.47. The maximum absolute atomic E-state index is 12.2. The summed E-state index contributed by atoms with van der Waals surface area (Å²) < 4.78 is 12.2. The number of aliphatic hydroxyl groups excluding tert-OH is 2. The van der Waals surface area contributed by atoms with E-state index in [0.717, 1.165) is 25.7 Å². The molecular weight excluding hydrogens is 482 g/mol. The number of esters is 1. The molecule has 7 N–H and O–H groups in total. The number of ether oxygens (including phenoxy) is 2. The third-order valence-corrected chi connectivity index (χ3v) is 6.70. The third kappa shape index (κ3) is 5.83. The Labute approximate surface area is 213 Å². The number of hydrogen-bond donors (Lipinski definition) is 5. The molecule has 13 nitrogen and oxygen atoms in total. The largest absolute Gasteiger partial charge is 0.464 e. The number of nitrogens with two attached hydrogens (primary N) is 2. The van der Waals surface area contributed by atoms with Gasteiger partial charge in [0.25, 0.3) is 5.91 Å². The Bertz CT molecular complexity index is 1180. The molecule has 37 heavy (non-hydrogen) atoms. The van der Waals surface area contributed by atoms with E-state index in [-0.39, 0.29) is 41.3 Å². The SMILES string of the molecule is CCNC(=O)C1OC(n2cnc3c(N)nc(C#CCC4CCC(C(=O)OCCN)CC4)nc32)C(O)C1O. The van der Waals surface area contributed by atoms with Crippen LogP contribution in [0.2, 0.25) is 0 Å². The van der Waals surface area contributed by atoms with Crippen LogP contribution in [0, 0.1) is 23.7 Å². The van der Waals surface area contributed by atoms with Gasteiger partial charge in [0.15, 0.2) is 23.8 Å². The molecule has 3 heterocycles. The van der Waals surface area contributed by atoms with Gasteiger partial charge in [0.2, 0.25) is 5.82 Å². The lowest BCUT2D eigenvalue weighted by Gasteiger charge is -2.25. The number of rotatable bonds is 7.